The molecule has 2 heterocycles. The molecule has 1 aliphatic rings. The molecule has 0 fully saturated rings. The lowest BCUT2D eigenvalue weighted by molar-refractivity contribution is 0.0986. The standard InChI is InChI=1S/C25H19N3O/c29-25-21-15-20(19-9-5-2-6-10-19)11-12-22(21)27-23-16-26-14-13-24(23)28(25)17-18-7-3-1-4-8-18/h1-16,27H,17H2. The van der Waals surface area contributed by atoms with Gasteiger partial charge in [-0.1, -0.05) is 66.7 Å². The Kier molecular flexibility index (Phi) is 4.30. The summed E-state index contributed by atoms with van der Waals surface area (Å²) in [5.74, 6) is -0.0286. The average Bonchev–Trinajstić information content (AvgIpc) is 2.90. The number of hydrogen-bond acceptors (Lipinski definition) is 3. The first-order chi connectivity index (χ1) is 14.3. The van der Waals surface area contributed by atoms with Gasteiger partial charge in [0.05, 0.1) is 35.4 Å². The van der Waals surface area contributed by atoms with Gasteiger partial charge in [0.2, 0.25) is 0 Å². The molecule has 0 saturated carbocycles. The van der Waals surface area contributed by atoms with Gasteiger partial charge >= 0.3 is 0 Å². The fraction of sp³-hybridized carbons (Fsp3) is 0.0400. The van der Waals surface area contributed by atoms with Crippen molar-refractivity contribution in [2.75, 3.05) is 10.2 Å². The van der Waals surface area contributed by atoms with Crippen molar-refractivity contribution in [1.29, 1.82) is 0 Å². The second-order valence-corrected chi connectivity index (χ2v) is 7.02. The van der Waals surface area contributed by atoms with Crippen LogP contribution in [0.15, 0.2) is 97.3 Å². The predicted octanol–water partition coefficient (Wildman–Crippen LogP) is 5.65. The number of nitrogens with one attached hydrogen (secondary N) is 1. The fourth-order valence-electron chi connectivity index (χ4n) is 3.68. The van der Waals surface area contributed by atoms with Crippen LogP contribution in [0.2, 0.25) is 0 Å². The molecule has 4 nitrogen and oxygen atoms in total. The molecule has 0 unspecified atom stereocenters. The van der Waals surface area contributed by atoms with Gasteiger partial charge in [-0.25, -0.2) is 0 Å². The van der Waals surface area contributed by atoms with Crippen LogP contribution in [0.5, 0.6) is 0 Å². The van der Waals surface area contributed by atoms with E-state index in [1.807, 2.05) is 77.7 Å². The van der Waals surface area contributed by atoms with Crippen LogP contribution in [0.1, 0.15) is 15.9 Å². The van der Waals surface area contributed by atoms with E-state index in [4.69, 9.17) is 0 Å². The van der Waals surface area contributed by atoms with E-state index in [1.165, 1.54) is 0 Å². The summed E-state index contributed by atoms with van der Waals surface area (Å²) in [4.78, 5) is 19.7. The lowest BCUT2D eigenvalue weighted by Crippen LogP contribution is -2.29. The second kappa shape index (κ2) is 7.24. The lowest BCUT2D eigenvalue weighted by atomic mass is 10.0. The second-order valence-electron chi connectivity index (χ2n) is 7.02. The first kappa shape index (κ1) is 17.2. The fourth-order valence-corrected chi connectivity index (χ4v) is 3.68. The Morgan fingerprint density at radius 1 is 0.793 bits per heavy atom. The van der Waals surface area contributed by atoms with Crippen LogP contribution in [-0.2, 0) is 6.54 Å². The zero-order valence-electron chi connectivity index (χ0n) is 15.7. The van der Waals surface area contributed by atoms with E-state index in [0.717, 1.165) is 33.8 Å². The van der Waals surface area contributed by atoms with Crippen LogP contribution in [0.4, 0.5) is 17.1 Å². The van der Waals surface area contributed by atoms with Crippen molar-refractivity contribution in [2.45, 2.75) is 6.54 Å². The van der Waals surface area contributed by atoms with Crippen molar-refractivity contribution in [3.05, 3.63) is 108 Å². The zero-order valence-corrected chi connectivity index (χ0v) is 15.7. The molecule has 0 radical (unpaired) electrons. The smallest absolute Gasteiger partial charge is 0.260 e. The average molecular weight is 377 g/mol. The van der Waals surface area contributed by atoms with Gasteiger partial charge in [0.25, 0.3) is 5.91 Å². The van der Waals surface area contributed by atoms with Crippen LogP contribution >= 0.6 is 0 Å². The highest BCUT2D eigenvalue weighted by Gasteiger charge is 2.27. The maximum Gasteiger partial charge on any atom is 0.260 e. The van der Waals surface area contributed by atoms with Gasteiger partial charge in [-0.15, -0.1) is 0 Å². The van der Waals surface area contributed by atoms with E-state index in [-0.39, 0.29) is 5.91 Å². The summed E-state index contributed by atoms with van der Waals surface area (Å²) in [7, 11) is 0. The van der Waals surface area contributed by atoms with Crippen molar-refractivity contribution >= 4 is 23.0 Å². The normalized spacial score (nSPS) is 12.6. The quantitative estimate of drug-likeness (QED) is 0.502. The number of fused-ring (bicyclic) bond motifs is 2. The van der Waals surface area contributed by atoms with Crippen molar-refractivity contribution in [3.8, 4) is 11.1 Å². The molecule has 0 bridgehead atoms. The molecule has 0 saturated heterocycles. The molecule has 1 N–H and O–H groups in total. The summed E-state index contributed by atoms with van der Waals surface area (Å²) < 4.78 is 0. The van der Waals surface area contributed by atoms with E-state index in [9.17, 15) is 4.79 Å². The van der Waals surface area contributed by atoms with E-state index in [0.29, 0.717) is 12.1 Å². The minimum Gasteiger partial charge on any atom is -0.352 e. The number of benzene rings is 3. The number of pyridine rings is 1. The first-order valence-electron chi connectivity index (χ1n) is 9.56. The number of hydrogen-bond donors (Lipinski definition) is 1. The molecule has 0 atom stereocenters. The van der Waals surface area contributed by atoms with E-state index in [1.54, 1.807) is 12.4 Å². The third-order valence-electron chi connectivity index (χ3n) is 5.14. The number of anilines is 3. The number of carbonyl (C=O) groups excluding carboxylic acids is 1. The zero-order chi connectivity index (χ0) is 19.6. The molecule has 5 rings (SSSR count). The maximum atomic E-state index is 13.7. The summed E-state index contributed by atoms with van der Waals surface area (Å²) in [6.45, 7) is 0.493. The molecule has 1 aromatic heterocycles. The van der Waals surface area contributed by atoms with E-state index in [2.05, 4.69) is 22.4 Å². The third kappa shape index (κ3) is 3.25. The molecule has 1 amide bonds. The molecule has 4 heteroatoms. The van der Waals surface area contributed by atoms with Gasteiger partial charge in [0.15, 0.2) is 0 Å². The third-order valence-corrected chi connectivity index (χ3v) is 5.14. The van der Waals surface area contributed by atoms with Crippen molar-refractivity contribution in [1.82, 2.24) is 4.98 Å². The Hall–Kier alpha value is -3.92. The van der Waals surface area contributed by atoms with E-state index < -0.39 is 0 Å². The number of rotatable bonds is 3. The monoisotopic (exact) mass is 377 g/mol. The Balaban J connectivity index is 1.63. The van der Waals surface area contributed by atoms with Gasteiger partial charge in [0.1, 0.15) is 0 Å². The Morgan fingerprint density at radius 2 is 1.55 bits per heavy atom. The van der Waals surface area contributed by atoms with Gasteiger partial charge in [-0.05, 0) is 34.9 Å². The van der Waals surface area contributed by atoms with Gasteiger partial charge in [-0.2, -0.15) is 0 Å². The van der Waals surface area contributed by atoms with Crippen LogP contribution < -0.4 is 10.2 Å². The van der Waals surface area contributed by atoms with Crippen molar-refractivity contribution < 1.29 is 4.79 Å². The van der Waals surface area contributed by atoms with Gasteiger partial charge in [0, 0.05) is 6.20 Å². The molecular formula is C25H19N3O. The largest absolute Gasteiger partial charge is 0.352 e. The van der Waals surface area contributed by atoms with Crippen LogP contribution in [0.25, 0.3) is 11.1 Å². The molecular weight excluding hydrogens is 358 g/mol. The minimum atomic E-state index is -0.0286. The van der Waals surface area contributed by atoms with Crippen LogP contribution in [0.3, 0.4) is 0 Å². The summed E-state index contributed by atoms with van der Waals surface area (Å²) in [5.41, 5.74) is 6.27. The molecule has 1 aliphatic heterocycles. The lowest BCUT2D eigenvalue weighted by Gasteiger charge is -2.22. The molecule has 0 spiro atoms. The number of amides is 1. The highest BCUT2D eigenvalue weighted by Crippen LogP contribution is 2.37. The topological polar surface area (TPSA) is 45.2 Å². The van der Waals surface area contributed by atoms with Crippen LogP contribution in [-0.4, -0.2) is 10.9 Å². The summed E-state index contributed by atoms with van der Waals surface area (Å²) >= 11 is 0. The maximum absolute atomic E-state index is 13.7. The van der Waals surface area contributed by atoms with Gasteiger partial charge in [-0.3, -0.25) is 9.78 Å². The van der Waals surface area contributed by atoms with E-state index >= 15 is 0 Å². The highest BCUT2D eigenvalue weighted by atomic mass is 16.2. The van der Waals surface area contributed by atoms with Gasteiger partial charge < -0.3 is 10.2 Å². The van der Waals surface area contributed by atoms with Crippen LogP contribution in [0, 0.1) is 0 Å². The number of aromatic nitrogens is 1. The molecule has 140 valence electrons. The molecule has 3 aromatic carbocycles. The Morgan fingerprint density at radius 3 is 2.34 bits per heavy atom. The highest BCUT2D eigenvalue weighted by molar-refractivity contribution is 6.14. The van der Waals surface area contributed by atoms with Crippen molar-refractivity contribution in [2.24, 2.45) is 0 Å². The molecule has 0 aliphatic carbocycles. The van der Waals surface area contributed by atoms with Crippen molar-refractivity contribution in [3.63, 3.8) is 0 Å². The first-order valence-corrected chi connectivity index (χ1v) is 9.56. The molecule has 4 aromatic rings. The SMILES string of the molecule is O=C1c2cc(-c3ccccc3)ccc2Nc2cnccc2N1Cc1ccccc1. The molecule has 29 heavy (non-hydrogen) atoms. The summed E-state index contributed by atoms with van der Waals surface area (Å²) in [6, 6.07) is 28.0. The summed E-state index contributed by atoms with van der Waals surface area (Å²) in [6.07, 6.45) is 3.48. The number of carbonyl (C=O) groups is 1. The predicted molar refractivity (Wildman–Crippen MR) is 116 cm³/mol. The number of nitrogens with zero attached hydrogens (tertiary/aromatic N) is 2. The summed E-state index contributed by atoms with van der Waals surface area (Å²) in [5, 5.41) is 3.40. The Labute approximate surface area is 169 Å². The Bertz CT molecular complexity index is 1170. The minimum absolute atomic E-state index is 0.0286.